The van der Waals surface area contributed by atoms with Crippen molar-refractivity contribution in [2.45, 2.75) is 19.6 Å². The molecule has 0 unspecified atom stereocenters. The van der Waals surface area contributed by atoms with Gasteiger partial charge in [0.2, 0.25) is 0 Å². The molecule has 1 aromatic heterocycles. The monoisotopic (exact) mass is 606 g/mol. The van der Waals surface area contributed by atoms with E-state index in [4.69, 9.17) is 0 Å². The predicted molar refractivity (Wildman–Crippen MR) is 191 cm³/mol. The predicted octanol–water partition coefficient (Wildman–Crippen LogP) is 11.7. The summed E-state index contributed by atoms with van der Waals surface area (Å²) < 4.78 is 2.34. The molecule has 0 aliphatic heterocycles. The minimum Gasteiger partial charge on any atom is -0.309 e. The largest absolute Gasteiger partial charge is 0.309 e. The van der Waals surface area contributed by atoms with Crippen molar-refractivity contribution in [1.29, 1.82) is 5.26 Å². The van der Waals surface area contributed by atoms with Crippen LogP contribution in [0, 0.1) is 11.3 Å². The van der Waals surface area contributed by atoms with Gasteiger partial charge in [0, 0.05) is 36.0 Å². The van der Waals surface area contributed by atoms with Gasteiger partial charge in [0.1, 0.15) is 0 Å². The lowest BCUT2D eigenvalue weighted by molar-refractivity contribution is 1.18. The second kappa shape index (κ2) is 11.6. The molecule has 1 heterocycles. The summed E-state index contributed by atoms with van der Waals surface area (Å²) in [5, 5.41) is 12.9. The first-order valence-corrected chi connectivity index (χ1v) is 17.0. The zero-order valence-corrected chi connectivity index (χ0v) is 25.9. The minimum absolute atomic E-state index is 0.648. The summed E-state index contributed by atoms with van der Waals surface area (Å²) >= 11 is 0. The molecule has 8 aromatic rings. The van der Waals surface area contributed by atoms with Gasteiger partial charge in [-0.3, -0.25) is 0 Å². The van der Waals surface area contributed by atoms with E-state index in [0.29, 0.717) is 5.56 Å². The molecule has 7 aromatic carbocycles. The molecule has 0 saturated heterocycles. The lowest BCUT2D eigenvalue weighted by Crippen LogP contribution is -2.06. The van der Waals surface area contributed by atoms with Crippen LogP contribution in [0.5, 0.6) is 0 Å². The van der Waals surface area contributed by atoms with Crippen LogP contribution in [-0.4, -0.2) is 4.57 Å². The van der Waals surface area contributed by atoms with Crippen LogP contribution < -0.4 is 0 Å². The molecule has 0 radical (unpaired) electrons. The number of aromatic nitrogens is 1. The summed E-state index contributed by atoms with van der Waals surface area (Å²) in [5.74, 6) is 0. The lowest BCUT2D eigenvalue weighted by Gasteiger charge is -2.42. The molecule has 2 nitrogen and oxygen atoms in total. The third-order valence-corrected chi connectivity index (χ3v) is 12.6. The first-order chi connectivity index (χ1) is 22.8. The Balaban J connectivity index is 1.39. The topological polar surface area (TPSA) is 28.7 Å². The standard InChI is InChI=1S/C43H30N2S/c44-31-32-27-34(33-15-14-16-35(29-33)45-42-25-12-10-23-40(42)41-24-11-13-26-43(41)45)30-39(28-32)46(36-17-4-1-5-18-36,37-19-6-2-7-20-37)38-21-8-3-9-22-38/h1-30H. The van der Waals surface area contributed by atoms with Gasteiger partial charge in [-0.25, -0.2) is 0 Å². The van der Waals surface area contributed by atoms with Gasteiger partial charge < -0.3 is 4.57 Å². The Labute approximate surface area is 270 Å². The Morgan fingerprint density at radius 2 is 0.913 bits per heavy atom. The molecule has 0 amide bonds. The highest BCUT2D eigenvalue weighted by atomic mass is 32.3. The molecular weight excluding hydrogens is 577 g/mol. The zero-order valence-electron chi connectivity index (χ0n) is 25.1. The molecule has 218 valence electrons. The zero-order chi connectivity index (χ0) is 30.9. The Morgan fingerprint density at radius 3 is 1.43 bits per heavy atom. The highest BCUT2D eigenvalue weighted by molar-refractivity contribution is 8.34. The van der Waals surface area contributed by atoms with Crippen molar-refractivity contribution in [2.24, 2.45) is 0 Å². The molecule has 0 saturated carbocycles. The van der Waals surface area contributed by atoms with Gasteiger partial charge >= 0.3 is 0 Å². The highest BCUT2D eigenvalue weighted by Crippen LogP contribution is 2.73. The fraction of sp³-hybridized carbons (Fsp3) is 0. The average Bonchev–Trinajstić information content (AvgIpc) is 3.48. The molecule has 0 atom stereocenters. The van der Waals surface area contributed by atoms with Gasteiger partial charge in [-0.2, -0.15) is 5.26 Å². The van der Waals surface area contributed by atoms with E-state index in [1.165, 1.54) is 36.5 Å². The smallest absolute Gasteiger partial charge is 0.0992 e. The van der Waals surface area contributed by atoms with E-state index in [1.807, 2.05) is 6.07 Å². The Hall–Kier alpha value is -5.82. The number of benzene rings is 7. The third-order valence-electron chi connectivity index (χ3n) is 8.70. The number of rotatable bonds is 6. The molecule has 0 bridgehead atoms. The maximum absolute atomic E-state index is 10.4. The number of nitriles is 1. The second-order valence-electron chi connectivity index (χ2n) is 11.3. The number of nitrogens with zero attached hydrogens (tertiary/aromatic N) is 2. The van der Waals surface area contributed by atoms with Gasteiger partial charge in [0.05, 0.1) is 22.7 Å². The summed E-state index contributed by atoms with van der Waals surface area (Å²) in [6, 6.07) is 67.1. The molecule has 0 aliphatic rings. The first kappa shape index (κ1) is 27.7. The summed E-state index contributed by atoms with van der Waals surface area (Å²) in [5.41, 5.74) is 6.18. The number of fused-ring (bicyclic) bond motifs is 3. The van der Waals surface area contributed by atoms with Gasteiger partial charge in [-0.15, -0.1) is 10.0 Å². The van der Waals surface area contributed by atoms with Crippen LogP contribution in [0.15, 0.2) is 202 Å². The Morgan fingerprint density at radius 1 is 0.413 bits per heavy atom. The summed E-state index contributed by atoms with van der Waals surface area (Å²) in [4.78, 5) is 4.82. The quantitative estimate of drug-likeness (QED) is 0.185. The maximum Gasteiger partial charge on any atom is 0.0992 e. The van der Waals surface area contributed by atoms with Gasteiger partial charge in [-0.1, -0.05) is 103 Å². The summed E-state index contributed by atoms with van der Waals surface area (Å²) in [6.07, 6.45) is 0. The van der Waals surface area contributed by atoms with E-state index in [1.54, 1.807) is 0 Å². The van der Waals surface area contributed by atoms with E-state index >= 15 is 0 Å². The SMILES string of the molecule is N#Cc1cc(-c2cccc(-n3c4ccccc4c4ccccc43)c2)cc(S(c2ccccc2)(c2ccccc2)c2ccccc2)c1. The average molecular weight is 607 g/mol. The Kier molecular flexibility index (Phi) is 6.99. The van der Waals surface area contributed by atoms with Gasteiger partial charge in [-0.05, 0) is 90.0 Å². The summed E-state index contributed by atoms with van der Waals surface area (Å²) in [7, 11) is -1.94. The first-order valence-electron chi connectivity index (χ1n) is 15.4. The molecule has 0 fully saturated rings. The van der Waals surface area contributed by atoms with E-state index in [0.717, 1.165) is 21.7 Å². The van der Waals surface area contributed by atoms with Crippen molar-refractivity contribution in [1.82, 2.24) is 4.57 Å². The molecule has 46 heavy (non-hydrogen) atoms. The molecule has 0 spiro atoms. The van der Waals surface area contributed by atoms with Crippen molar-refractivity contribution >= 4 is 31.8 Å². The molecule has 8 rings (SSSR count). The van der Waals surface area contributed by atoms with E-state index in [2.05, 4.69) is 187 Å². The Bertz CT molecular complexity index is 2220. The molecule has 0 N–H and O–H groups in total. The fourth-order valence-electron chi connectivity index (χ4n) is 6.72. The van der Waals surface area contributed by atoms with Gasteiger partial charge in [0.15, 0.2) is 0 Å². The maximum atomic E-state index is 10.4. The van der Waals surface area contributed by atoms with Crippen LogP contribution >= 0.6 is 10.0 Å². The van der Waals surface area contributed by atoms with Crippen molar-refractivity contribution < 1.29 is 0 Å². The molecular formula is C43H30N2S. The number of para-hydroxylation sites is 2. The number of hydrogen-bond donors (Lipinski definition) is 0. The van der Waals surface area contributed by atoms with Crippen molar-refractivity contribution in [2.75, 3.05) is 0 Å². The minimum atomic E-state index is -1.94. The van der Waals surface area contributed by atoms with Crippen LogP contribution in [0.25, 0.3) is 38.6 Å². The molecule has 0 aliphatic carbocycles. The highest BCUT2D eigenvalue weighted by Gasteiger charge is 2.33. The van der Waals surface area contributed by atoms with Crippen molar-refractivity contribution in [3.8, 4) is 22.9 Å². The lowest BCUT2D eigenvalue weighted by atomic mass is 10.0. The van der Waals surface area contributed by atoms with Crippen LogP contribution in [0.3, 0.4) is 0 Å². The van der Waals surface area contributed by atoms with E-state index in [9.17, 15) is 5.26 Å². The normalized spacial score (nSPS) is 11.8. The van der Waals surface area contributed by atoms with E-state index < -0.39 is 10.0 Å². The second-order valence-corrected chi connectivity index (χ2v) is 14.4. The van der Waals surface area contributed by atoms with Crippen molar-refractivity contribution in [3.05, 3.63) is 188 Å². The van der Waals surface area contributed by atoms with Crippen LogP contribution in [0.1, 0.15) is 5.56 Å². The van der Waals surface area contributed by atoms with Crippen molar-refractivity contribution in [3.63, 3.8) is 0 Å². The summed E-state index contributed by atoms with van der Waals surface area (Å²) in [6.45, 7) is 0. The van der Waals surface area contributed by atoms with Gasteiger partial charge in [0.25, 0.3) is 0 Å². The molecule has 3 heteroatoms. The number of hydrogen-bond acceptors (Lipinski definition) is 1. The van der Waals surface area contributed by atoms with Crippen LogP contribution in [-0.2, 0) is 0 Å². The van der Waals surface area contributed by atoms with Crippen LogP contribution in [0.4, 0.5) is 0 Å². The third kappa shape index (κ3) is 4.51. The fourth-order valence-corrected chi connectivity index (χ4v) is 10.7. The van der Waals surface area contributed by atoms with Crippen LogP contribution in [0.2, 0.25) is 0 Å². The van der Waals surface area contributed by atoms with E-state index in [-0.39, 0.29) is 0 Å².